The number of rotatable bonds is 5. The first-order valence-electron chi connectivity index (χ1n) is 9.78. The molecule has 1 amide bonds. The van der Waals surface area contributed by atoms with Gasteiger partial charge in [0.2, 0.25) is 0 Å². The number of fused-ring (bicyclic) bond motifs is 1. The first-order valence-corrected chi connectivity index (χ1v) is 9.78. The van der Waals surface area contributed by atoms with Gasteiger partial charge in [-0.2, -0.15) is 5.10 Å². The standard InChI is InChI=1S/C21H27N3O3/c1-26-16-8-6-15(7-9-16)21(10-12-27-13-11-21)14-22-20(25)19-17-4-2-3-5-18(17)23-24-19/h6-9H,2-5,10-14H2,1H3,(H,22,25)(H,23,24). The van der Waals surface area contributed by atoms with Gasteiger partial charge in [0.15, 0.2) is 5.69 Å². The number of hydrogen-bond acceptors (Lipinski definition) is 4. The lowest BCUT2D eigenvalue weighted by atomic mass is 9.74. The number of nitrogens with zero attached hydrogens (tertiary/aromatic N) is 1. The van der Waals surface area contributed by atoms with Crippen molar-refractivity contribution in [1.29, 1.82) is 0 Å². The monoisotopic (exact) mass is 369 g/mol. The predicted octanol–water partition coefficient (Wildman–Crippen LogP) is 2.78. The number of carbonyl (C=O) groups excluding carboxylic acids is 1. The van der Waals surface area contributed by atoms with Gasteiger partial charge in [0, 0.05) is 36.4 Å². The topological polar surface area (TPSA) is 76.2 Å². The van der Waals surface area contributed by atoms with E-state index in [1.54, 1.807) is 7.11 Å². The van der Waals surface area contributed by atoms with Crippen LogP contribution in [0.5, 0.6) is 5.75 Å². The van der Waals surface area contributed by atoms with Gasteiger partial charge < -0.3 is 14.8 Å². The Morgan fingerprint density at radius 2 is 1.96 bits per heavy atom. The number of benzene rings is 1. The van der Waals surface area contributed by atoms with Crippen LogP contribution in [0, 0.1) is 0 Å². The van der Waals surface area contributed by atoms with Crippen molar-refractivity contribution in [3.63, 3.8) is 0 Å². The Bertz CT molecular complexity index is 792. The summed E-state index contributed by atoms with van der Waals surface area (Å²) in [5.74, 6) is 0.766. The van der Waals surface area contributed by atoms with Crippen LogP contribution in [-0.4, -0.2) is 43.0 Å². The Morgan fingerprint density at radius 1 is 1.22 bits per heavy atom. The fourth-order valence-electron chi connectivity index (χ4n) is 4.28. The number of aromatic nitrogens is 2. The Hall–Kier alpha value is -2.34. The molecule has 2 heterocycles. The second kappa shape index (κ2) is 7.72. The van der Waals surface area contributed by atoms with E-state index in [0.717, 1.165) is 55.5 Å². The predicted molar refractivity (Wildman–Crippen MR) is 102 cm³/mol. The molecule has 1 aliphatic carbocycles. The summed E-state index contributed by atoms with van der Waals surface area (Å²) < 4.78 is 10.9. The van der Waals surface area contributed by atoms with Gasteiger partial charge in [-0.1, -0.05) is 12.1 Å². The van der Waals surface area contributed by atoms with Crippen LogP contribution in [0.15, 0.2) is 24.3 Å². The zero-order chi connectivity index (χ0) is 18.7. The van der Waals surface area contributed by atoms with Gasteiger partial charge >= 0.3 is 0 Å². The van der Waals surface area contributed by atoms with E-state index >= 15 is 0 Å². The fourth-order valence-corrected chi connectivity index (χ4v) is 4.28. The molecule has 0 radical (unpaired) electrons. The number of nitrogens with one attached hydrogen (secondary N) is 2. The van der Waals surface area contributed by atoms with E-state index in [4.69, 9.17) is 9.47 Å². The highest BCUT2D eigenvalue weighted by atomic mass is 16.5. The summed E-state index contributed by atoms with van der Waals surface area (Å²) in [7, 11) is 1.67. The molecule has 1 aromatic carbocycles. The fraction of sp³-hybridized carbons (Fsp3) is 0.524. The van der Waals surface area contributed by atoms with Gasteiger partial charge in [0.1, 0.15) is 5.75 Å². The molecule has 27 heavy (non-hydrogen) atoms. The van der Waals surface area contributed by atoms with Crippen molar-refractivity contribution in [2.75, 3.05) is 26.9 Å². The zero-order valence-electron chi connectivity index (χ0n) is 15.8. The van der Waals surface area contributed by atoms with Gasteiger partial charge in [-0.25, -0.2) is 0 Å². The maximum absolute atomic E-state index is 12.8. The van der Waals surface area contributed by atoms with Gasteiger partial charge in [-0.3, -0.25) is 9.89 Å². The number of amides is 1. The number of aryl methyl sites for hydroxylation is 1. The van der Waals surface area contributed by atoms with Gasteiger partial charge in [0.05, 0.1) is 7.11 Å². The average molecular weight is 369 g/mol. The number of aromatic amines is 1. The molecule has 144 valence electrons. The Labute approximate surface area is 159 Å². The molecule has 1 aromatic heterocycles. The van der Waals surface area contributed by atoms with E-state index in [0.29, 0.717) is 25.5 Å². The third kappa shape index (κ3) is 3.58. The summed E-state index contributed by atoms with van der Waals surface area (Å²) in [6, 6.07) is 8.18. The normalized spacial score (nSPS) is 18.6. The summed E-state index contributed by atoms with van der Waals surface area (Å²) >= 11 is 0. The van der Waals surface area contributed by atoms with E-state index in [2.05, 4.69) is 27.6 Å². The largest absolute Gasteiger partial charge is 0.497 e. The van der Waals surface area contributed by atoms with Crippen LogP contribution in [0.1, 0.15) is 53.0 Å². The van der Waals surface area contributed by atoms with Gasteiger partial charge in [-0.05, 0) is 56.2 Å². The number of H-pyrrole nitrogens is 1. The molecule has 2 N–H and O–H groups in total. The molecule has 0 spiro atoms. The third-order valence-corrected chi connectivity index (χ3v) is 6.01. The van der Waals surface area contributed by atoms with Crippen molar-refractivity contribution >= 4 is 5.91 Å². The van der Waals surface area contributed by atoms with E-state index in [1.165, 1.54) is 5.56 Å². The van der Waals surface area contributed by atoms with Crippen molar-refractivity contribution in [3.05, 3.63) is 46.8 Å². The maximum Gasteiger partial charge on any atom is 0.272 e. The quantitative estimate of drug-likeness (QED) is 0.850. The first-order chi connectivity index (χ1) is 13.2. The van der Waals surface area contributed by atoms with Crippen LogP contribution in [0.2, 0.25) is 0 Å². The van der Waals surface area contributed by atoms with Crippen LogP contribution < -0.4 is 10.1 Å². The number of methoxy groups -OCH3 is 1. The van der Waals surface area contributed by atoms with Crippen LogP contribution in [0.4, 0.5) is 0 Å². The molecule has 4 rings (SSSR count). The van der Waals surface area contributed by atoms with Crippen molar-refractivity contribution in [2.24, 2.45) is 0 Å². The minimum atomic E-state index is -0.115. The van der Waals surface area contributed by atoms with Gasteiger partial charge in [-0.15, -0.1) is 0 Å². The lowest BCUT2D eigenvalue weighted by Gasteiger charge is -2.38. The molecule has 1 fully saturated rings. The highest BCUT2D eigenvalue weighted by Crippen LogP contribution is 2.35. The van der Waals surface area contributed by atoms with Crippen molar-refractivity contribution in [3.8, 4) is 5.75 Å². The van der Waals surface area contributed by atoms with Crippen molar-refractivity contribution in [2.45, 2.75) is 43.9 Å². The molecule has 1 aliphatic heterocycles. The summed E-state index contributed by atoms with van der Waals surface area (Å²) in [5, 5.41) is 10.5. The van der Waals surface area contributed by atoms with Crippen LogP contribution in [0.3, 0.4) is 0 Å². The zero-order valence-corrected chi connectivity index (χ0v) is 15.8. The Morgan fingerprint density at radius 3 is 2.70 bits per heavy atom. The number of hydrogen-bond donors (Lipinski definition) is 2. The van der Waals surface area contributed by atoms with E-state index in [-0.39, 0.29) is 11.3 Å². The summed E-state index contributed by atoms with van der Waals surface area (Å²) in [4.78, 5) is 12.8. The minimum Gasteiger partial charge on any atom is -0.497 e. The molecular weight excluding hydrogens is 342 g/mol. The van der Waals surface area contributed by atoms with E-state index < -0.39 is 0 Å². The number of carbonyl (C=O) groups is 1. The minimum absolute atomic E-state index is 0.0752. The number of ether oxygens (including phenoxy) is 2. The summed E-state index contributed by atoms with van der Waals surface area (Å²) in [6.45, 7) is 2.00. The molecule has 0 saturated carbocycles. The lowest BCUT2D eigenvalue weighted by molar-refractivity contribution is 0.0486. The average Bonchev–Trinajstić information content (AvgIpc) is 3.17. The third-order valence-electron chi connectivity index (χ3n) is 6.01. The maximum atomic E-state index is 12.8. The molecule has 0 bridgehead atoms. The highest BCUT2D eigenvalue weighted by molar-refractivity contribution is 5.94. The van der Waals surface area contributed by atoms with Crippen LogP contribution in [0.25, 0.3) is 0 Å². The van der Waals surface area contributed by atoms with Crippen LogP contribution >= 0.6 is 0 Å². The molecule has 0 unspecified atom stereocenters. The smallest absolute Gasteiger partial charge is 0.272 e. The second-order valence-electron chi connectivity index (χ2n) is 7.54. The van der Waals surface area contributed by atoms with Gasteiger partial charge in [0.25, 0.3) is 5.91 Å². The molecular formula is C21H27N3O3. The van der Waals surface area contributed by atoms with Crippen LogP contribution in [-0.2, 0) is 23.0 Å². The Kier molecular flexibility index (Phi) is 5.16. The summed E-state index contributed by atoms with van der Waals surface area (Å²) in [5.41, 5.74) is 3.90. The van der Waals surface area contributed by atoms with E-state index in [1.807, 2.05) is 12.1 Å². The highest BCUT2D eigenvalue weighted by Gasteiger charge is 2.35. The van der Waals surface area contributed by atoms with E-state index in [9.17, 15) is 4.79 Å². The Balaban J connectivity index is 1.52. The second-order valence-corrected chi connectivity index (χ2v) is 7.54. The first kappa shape index (κ1) is 18.0. The molecule has 0 atom stereocenters. The van der Waals surface area contributed by atoms with Crippen molar-refractivity contribution in [1.82, 2.24) is 15.5 Å². The molecule has 1 saturated heterocycles. The molecule has 6 heteroatoms. The van der Waals surface area contributed by atoms with Crippen molar-refractivity contribution < 1.29 is 14.3 Å². The SMILES string of the molecule is COc1ccc(C2(CNC(=O)c3n[nH]c4c3CCCC4)CCOCC2)cc1. The molecule has 2 aliphatic rings. The molecule has 6 nitrogen and oxygen atoms in total. The molecule has 2 aromatic rings. The summed E-state index contributed by atoms with van der Waals surface area (Å²) in [6.07, 6.45) is 5.99. The lowest BCUT2D eigenvalue weighted by Crippen LogP contribution is -2.44.